The molecule has 2 atom stereocenters. The molecule has 6 heteroatoms. The minimum Gasteiger partial charge on any atom is -0.341 e. The molecule has 0 spiro atoms. The normalized spacial score (nSPS) is 22.9. The summed E-state index contributed by atoms with van der Waals surface area (Å²) in [4.78, 5) is 29.8. The van der Waals surface area contributed by atoms with Gasteiger partial charge in [0.15, 0.2) is 0 Å². The second-order valence-corrected chi connectivity index (χ2v) is 7.88. The van der Waals surface area contributed by atoms with Crippen LogP contribution in [0.25, 0.3) is 0 Å². The maximum absolute atomic E-state index is 13.0. The second kappa shape index (κ2) is 9.56. The Hall–Kier alpha value is -1.59. The molecule has 2 saturated heterocycles. The van der Waals surface area contributed by atoms with Crippen LogP contribution in [-0.2, 0) is 4.79 Å². The molecule has 2 unspecified atom stereocenters. The number of hydrogen-bond donors (Lipinski definition) is 1. The standard InChI is InChI=1S/C21H31N3O2.ClH/c1-15-10-16(2)12-18(11-15)21(26)23-8-4-6-17(13-23)20(25)24-9-5-7-19(14-24)22-3;/h10-12,17,19,22H,4-9,13-14H2,1-3H3;1H. The van der Waals surface area contributed by atoms with Gasteiger partial charge in [0.2, 0.25) is 5.91 Å². The van der Waals surface area contributed by atoms with Crippen LogP contribution in [0, 0.1) is 19.8 Å². The molecule has 27 heavy (non-hydrogen) atoms. The first-order valence-corrected chi connectivity index (χ1v) is 9.81. The van der Waals surface area contributed by atoms with Gasteiger partial charge >= 0.3 is 0 Å². The van der Waals surface area contributed by atoms with E-state index in [2.05, 4.69) is 11.4 Å². The van der Waals surface area contributed by atoms with Gasteiger partial charge in [-0.15, -0.1) is 12.4 Å². The average Bonchev–Trinajstić information content (AvgIpc) is 2.66. The van der Waals surface area contributed by atoms with E-state index in [-0.39, 0.29) is 30.1 Å². The summed E-state index contributed by atoms with van der Waals surface area (Å²) in [5.74, 6) is 0.220. The highest BCUT2D eigenvalue weighted by Gasteiger charge is 2.33. The number of carbonyl (C=O) groups excluding carboxylic acids is 2. The third kappa shape index (κ3) is 5.23. The number of likely N-dealkylation sites (tertiary alicyclic amines) is 2. The zero-order valence-corrected chi connectivity index (χ0v) is 17.5. The Morgan fingerprint density at radius 1 is 0.963 bits per heavy atom. The molecule has 5 nitrogen and oxygen atoms in total. The van der Waals surface area contributed by atoms with Crippen molar-refractivity contribution >= 4 is 24.2 Å². The van der Waals surface area contributed by atoms with Crippen molar-refractivity contribution in [1.29, 1.82) is 0 Å². The Balaban J connectivity index is 0.00000261. The first-order chi connectivity index (χ1) is 12.5. The average molecular weight is 394 g/mol. The molecule has 0 aromatic heterocycles. The van der Waals surface area contributed by atoms with Gasteiger partial charge in [0.05, 0.1) is 5.92 Å². The van der Waals surface area contributed by atoms with Crippen LogP contribution in [0.2, 0.25) is 0 Å². The van der Waals surface area contributed by atoms with Gasteiger partial charge in [0.1, 0.15) is 0 Å². The molecule has 2 heterocycles. The van der Waals surface area contributed by atoms with Crippen molar-refractivity contribution in [2.75, 3.05) is 33.2 Å². The zero-order chi connectivity index (χ0) is 18.7. The highest BCUT2D eigenvalue weighted by molar-refractivity contribution is 5.95. The topological polar surface area (TPSA) is 52.7 Å². The fourth-order valence-electron chi connectivity index (χ4n) is 4.32. The van der Waals surface area contributed by atoms with Gasteiger partial charge in [0.25, 0.3) is 5.91 Å². The molecule has 150 valence electrons. The Morgan fingerprint density at radius 3 is 2.26 bits per heavy atom. The summed E-state index contributed by atoms with van der Waals surface area (Å²) in [7, 11) is 1.96. The van der Waals surface area contributed by atoms with Crippen molar-refractivity contribution in [1.82, 2.24) is 15.1 Å². The SMILES string of the molecule is CNC1CCCN(C(=O)C2CCCN(C(=O)c3cc(C)cc(C)c3)C2)C1.Cl. The molecule has 2 aliphatic rings. The van der Waals surface area contributed by atoms with Crippen LogP contribution in [0.1, 0.15) is 47.2 Å². The van der Waals surface area contributed by atoms with Crippen molar-refractivity contribution in [3.63, 3.8) is 0 Å². The molecule has 0 saturated carbocycles. The number of benzene rings is 1. The molecule has 3 rings (SSSR count). The molecule has 1 N–H and O–H groups in total. The molecular formula is C21H32ClN3O2. The summed E-state index contributed by atoms with van der Waals surface area (Å²) in [5, 5.41) is 3.29. The zero-order valence-electron chi connectivity index (χ0n) is 16.7. The highest BCUT2D eigenvalue weighted by Crippen LogP contribution is 2.23. The second-order valence-electron chi connectivity index (χ2n) is 7.88. The largest absolute Gasteiger partial charge is 0.341 e. The first kappa shape index (κ1) is 21.7. The van der Waals surface area contributed by atoms with E-state index in [1.807, 2.05) is 42.8 Å². The van der Waals surface area contributed by atoms with Crippen LogP contribution in [0.4, 0.5) is 0 Å². The number of halogens is 1. The number of amides is 2. The van der Waals surface area contributed by atoms with Crippen LogP contribution < -0.4 is 5.32 Å². The fourth-order valence-corrected chi connectivity index (χ4v) is 4.32. The van der Waals surface area contributed by atoms with E-state index in [0.717, 1.165) is 62.0 Å². The molecular weight excluding hydrogens is 362 g/mol. The van der Waals surface area contributed by atoms with E-state index >= 15 is 0 Å². The monoisotopic (exact) mass is 393 g/mol. The Labute approximate surface area is 168 Å². The predicted molar refractivity (Wildman–Crippen MR) is 110 cm³/mol. The molecule has 2 amide bonds. The van der Waals surface area contributed by atoms with Crippen molar-refractivity contribution in [3.8, 4) is 0 Å². The van der Waals surface area contributed by atoms with Gasteiger partial charge in [-0.3, -0.25) is 9.59 Å². The molecule has 2 fully saturated rings. The molecule has 0 radical (unpaired) electrons. The summed E-state index contributed by atoms with van der Waals surface area (Å²) in [6.07, 6.45) is 3.96. The van der Waals surface area contributed by atoms with Crippen LogP contribution >= 0.6 is 12.4 Å². The van der Waals surface area contributed by atoms with Crippen molar-refractivity contribution in [2.45, 2.75) is 45.6 Å². The summed E-state index contributed by atoms with van der Waals surface area (Å²) >= 11 is 0. The lowest BCUT2D eigenvalue weighted by molar-refractivity contribution is -0.138. The van der Waals surface area contributed by atoms with Gasteiger partial charge in [0, 0.05) is 37.8 Å². The Morgan fingerprint density at radius 2 is 1.59 bits per heavy atom. The van der Waals surface area contributed by atoms with Gasteiger partial charge in [-0.05, 0) is 58.7 Å². The van der Waals surface area contributed by atoms with Gasteiger partial charge in [-0.1, -0.05) is 17.2 Å². The van der Waals surface area contributed by atoms with E-state index in [1.165, 1.54) is 0 Å². The van der Waals surface area contributed by atoms with Crippen LogP contribution in [0.5, 0.6) is 0 Å². The molecule has 2 aliphatic heterocycles. The maximum Gasteiger partial charge on any atom is 0.253 e. The van der Waals surface area contributed by atoms with Crippen molar-refractivity contribution in [3.05, 3.63) is 34.9 Å². The van der Waals surface area contributed by atoms with E-state index in [1.54, 1.807) is 0 Å². The smallest absolute Gasteiger partial charge is 0.253 e. The summed E-state index contributed by atoms with van der Waals surface area (Å²) < 4.78 is 0. The number of rotatable bonds is 3. The van der Waals surface area contributed by atoms with E-state index in [0.29, 0.717) is 12.6 Å². The van der Waals surface area contributed by atoms with Crippen LogP contribution in [0.15, 0.2) is 18.2 Å². The number of likely N-dealkylation sites (N-methyl/N-ethyl adjacent to an activating group) is 1. The summed E-state index contributed by atoms with van der Waals surface area (Å²) in [6, 6.07) is 6.36. The van der Waals surface area contributed by atoms with E-state index in [4.69, 9.17) is 0 Å². The number of aryl methyl sites for hydroxylation is 2. The number of hydrogen-bond acceptors (Lipinski definition) is 3. The van der Waals surface area contributed by atoms with Gasteiger partial charge in [-0.25, -0.2) is 0 Å². The van der Waals surface area contributed by atoms with E-state index in [9.17, 15) is 9.59 Å². The first-order valence-electron chi connectivity index (χ1n) is 9.81. The Kier molecular flexibility index (Phi) is 7.68. The number of piperidine rings is 2. The Bertz CT molecular complexity index is 659. The summed E-state index contributed by atoms with van der Waals surface area (Å²) in [5.41, 5.74) is 2.94. The minimum atomic E-state index is -0.0609. The number of nitrogens with zero attached hydrogens (tertiary/aromatic N) is 2. The van der Waals surface area contributed by atoms with Gasteiger partial charge in [-0.2, -0.15) is 0 Å². The van der Waals surface area contributed by atoms with Crippen LogP contribution in [-0.4, -0.2) is 60.9 Å². The van der Waals surface area contributed by atoms with Crippen LogP contribution in [0.3, 0.4) is 0 Å². The lowest BCUT2D eigenvalue weighted by atomic mass is 9.94. The lowest BCUT2D eigenvalue weighted by Gasteiger charge is -2.38. The highest BCUT2D eigenvalue weighted by atomic mass is 35.5. The molecule has 1 aromatic rings. The summed E-state index contributed by atoms with van der Waals surface area (Å²) in [6.45, 7) is 6.96. The fraction of sp³-hybridized carbons (Fsp3) is 0.619. The third-order valence-electron chi connectivity index (χ3n) is 5.67. The predicted octanol–water partition coefficient (Wildman–Crippen LogP) is 2.79. The number of carbonyl (C=O) groups is 2. The third-order valence-corrected chi connectivity index (χ3v) is 5.67. The quantitative estimate of drug-likeness (QED) is 0.859. The minimum absolute atomic E-state index is 0. The molecule has 0 aliphatic carbocycles. The van der Waals surface area contributed by atoms with Crippen molar-refractivity contribution < 1.29 is 9.59 Å². The number of nitrogens with one attached hydrogen (secondary N) is 1. The van der Waals surface area contributed by atoms with E-state index < -0.39 is 0 Å². The lowest BCUT2D eigenvalue weighted by Crippen LogP contribution is -2.52. The van der Waals surface area contributed by atoms with Gasteiger partial charge < -0.3 is 15.1 Å². The molecule has 0 bridgehead atoms. The van der Waals surface area contributed by atoms with Crippen molar-refractivity contribution in [2.24, 2.45) is 5.92 Å². The molecule has 1 aromatic carbocycles. The maximum atomic E-state index is 13.0.